The highest BCUT2D eigenvalue weighted by Gasteiger charge is 2.32. The number of hydrogen-bond donors (Lipinski definition) is 0. The minimum Gasteiger partial charge on any atom is -0.358 e. The van der Waals surface area contributed by atoms with E-state index in [1.165, 1.54) is 6.42 Å². The molecule has 1 atom stereocenters. The number of nitrogens with zero attached hydrogens (tertiary/aromatic N) is 7. The summed E-state index contributed by atoms with van der Waals surface area (Å²) in [5, 5.41) is 5.12. The topological polar surface area (TPSA) is 60.2 Å². The second-order valence-corrected chi connectivity index (χ2v) is 11.2. The van der Waals surface area contributed by atoms with Crippen LogP contribution in [0.3, 0.4) is 0 Å². The van der Waals surface area contributed by atoms with Crippen molar-refractivity contribution < 1.29 is 4.79 Å². The zero-order valence-corrected chi connectivity index (χ0v) is 22.5. The number of rotatable bonds is 1. The molecule has 6 rings (SSSR count). The third-order valence-electron chi connectivity index (χ3n) is 8.39. The van der Waals surface area contributed by atoms with E-state index in [0.29, 0.717) is 0 Å². The van der Waals surface area contributed by atoms with Gasteiger partial charge in [0, 0.05) is 57.5 Å². The Morgan fingerprint density at radius 3 is 2.57 bits per heavy atom. The van der Waals surface area contributed by atoms with Crippen molar-refractivity contribution in [2.75, 3.05) is 63.2 Å². The van der Waals surface area contributed by atoms with Crippen LogP contribution in [0.25, 0.3) is 5.65 Å². The minimum absolute atomic E-state index is 0.0269. The van der Waals surface area contributed by atoms with Crippen LogP contribution in [0.5, 0.6) is 0 Å². The van der Waals surface area contributed by atoms with Gasteiger partial charge in [0.05, 0.1) is 11.7 Å². The predicted octanol–water partition coefficient (Wildman–Crippen LogP) is 3.93. The number of aromatic nitrogens is 3. The molecule has 2 bridgehead atoms. The number of carbonyl (C=O) groups is 1. The molecule has 2 fully saturated rings. The molecule has 37 heavy (non-hydrogen) atoms. The molecule has 2 saturated heterocycles. The molecular weight excluding hydrogens is 462 g/mol. The lowest BCUT2D eigenvalue weighted by atomic mass is 9.95. The van der Waals surface area contributed by atoms with Crippen LogP contribution in [0.4, 0.5) is 11.6 Å². The molecule has 2 aromatic heterocycles. The van der Waals surface area contributed by atoms with E-state index in [1.54, 1.807) is 0 Å². The molecule has 0 radical (unpaired) electrons. The highest BCUT2D eigenvalue weighted by Crippen LogP contribution is 2.34. The van der Waals surface area contributed by atoms with Crippen molar-refractivity contribution in [3.63, 3.8) is 0 Å². The van der Waals surface area contributed by atoms with E-state index in [2.05, 4.69) is 71.0 Å². The molecule has 1 amide bonds. The quantitative estimate of drug-likeness (QED) is 0.504. The summed E-state index contributed by atoms with van der Waals surface area (Å²) >= 11 is 0. The van der Waals surface area contributed by atoms with E-state index in [1.807, 2.05) is 4.52 Å². The van der Waals surface area contributed by atoms with Crippen molar-refractivity contribution in [1.29, 1.82) is 0 Å². The molecule has 3 aromatic rings. The van der Waals surface area contributed by atoms with Crippen LogP contribution < -0.4 is 9.80 Å². The van der Waals surface area contributed by atoms with Gasteiger partial charge >= 0.3 is 0 Å². The zero-order valence-electron chi connectivity index (χ0n) is 22.5. The Bertz CT molecular complexity index is 1300. The number of piperidine rings is 1. The van der Waals surface area contributed by atoms with Gasteiger partial charge in [0.2, 0.25) is 0 Å². The van der Waals surface area contributed by atoms with Gasteiger partial charge in [-0.05, 0) is 70.7 Å². The summed E-state index contributed by atoms with van der Waals surface area (Å²) in [6.45, 7) is 7.83. The SMILES string of the molecule is Cc1ccc2c(c1)C(=O)N1CCCCC1c1cc3nc(N4CCC4)cc(n3n1)N(C)CCN(C)CCC2. The first-order valence-corrected chi connectivity index (χ1v) is 13.9. The Morgan fingerprint density at radius 2 is 1.76 bits per heavy atom. The molecule has 3 aliphatic rings. The monoisotopic (exact) mass is 501 g/mol. The average Bonchev–Trinajstić information content (AvgIpc) is 3.30. The fourth-order valence-electron chi connectivity index (χ4n) is 5.94. The first-order chi connectivity index (χ1) is 18.0. The van der Waals surface area contributed by atoms with Gasteiger partial charge < -0.3 is 19.6 Å². The molecule has 0 spiro atoms. The van der Waals surface area contributed by atoms with Crippen molar-refractivity contribution >= 4 is 23.2 Å². The van der Waals surface area contributed by atoms with Gasteiger partial charge in [-0.15, -0.1) is 0 Å². The van der Waals surface area contributed by atoms with Crippen LogP contribution in [-0.4, -0.2) is 83.7 Å². The minimum atomic E-state index is -0.0269. The number of hydrogen-bond acceptors (Lipinski definition) is 6. The van der Waals surface area contributed by atoms with E-state index < -0.39 is 0 Å². The summed E-state index contributed by atoms with van der Waals surface area (Å²) in [5.74, 6) is 2.24. The molecule has 196 valence electrons. The first kappa shape index (κ1) is 24.2. The van der Waals surface area contributed by atoms with Crippen molar-refractivity contribution in [2.24, 2.45) is 0 Å². The first-order valence-electron chi connectivity index (χ1n) is 13.9. The van der Waals surface area contributed by atoms with E-state index in [4.69, 9.17) is 10.1 Å². The largest absolute Gasteiger partial charge is 0.358 e. The maximum absolute atomic E-state index is 14.1. The van der Waals surface area contributed by atoms with Crippen LogP contribution in [0.15, 0.2) is 30.3 Å². The molecule has 8 nitrogen and oxygen atoms in total. The van der Waals surface area contributed by atoms with Crippen molar-refractivity contribution in [3.05, 3.63) is 52.7 Å². The fraction of sp³-hybridized carbons (Fsp3) is 0.552. The standard InChI is InChI=1S/C29H39N7O/c1-21-10-11-22-8-6-12-32(2)16-17-33(3)28-20-26(34-13-7-14-34)30-27-19-24(31-36(27)28)25-9-4-5-15-35(25)29(37)23(22)18-21/h10-11,18-20,25H,4-9,12-17H2,1-3H3. The molecule has 0 aliphatic carbocycles. The van der Waals surface area contributed by atoms with Crippen molar-refractivity contribution in [3.8, 4) is 0 Å². The highest BCUT2D eigenvalue weighted by molar-refractivity contribution is 5.96. The average molecular weight is 502 g/mol. The number of likely N-dealkylation sites (N-methyl/N-ethyl adjacent to an activating group) is 2. The van der Waals surface area contributed by atoms with Gasteiger partial charge in [-0.2, -0.15) is 9.61 Å². The number of anilines is 2. The number of aryl methyl sites for hydroxylation is 2. The summed E-state index contributed by atoms with van der Waals surface area (Å²) in [6, 6.07) is 10.7. The summed E-state index contributed by atoms with van der Waals surface area (Å²) in [6.07, 6.45) is 6.24. The summed E-state index contributed by atoms with van der Waals surface area (Å²) in [4.78, 5) is 28.2. The summed E-state index contributed by atoms with van der Waals surface area (Å²) in [7, 11) is 4.35. The molecule has 0 saturated carbocycles. The zero-order chi connectivity index (χ0) is 25.5. The lowest BCUT2D eigenvalue weighted by Crippen LogP contribution is -2.39. The maximum atomic E-state index is 14.1. The number of amides is 1. The third-order valence-corrected chi connectivity index (χ3v) is 8.39. The van der Waals surface area contributed by atoms with Gasteiger partial charge in [-0.3, -0.25) is 4.79 Å². The van der Waals surface area contributed by atoms with Crippen LogP contribution >= 0.6 is 0 Å². The Hall–Kier alpha value is -3.13. The predicted molar refractivity (Wildman–Crippen MR) is 148 cm³/mol. The van der Waals surface area contributed by atoms with Gasteiger partial charge in [0.1, 0.15) is 11.6 Å². The number of fused-ring (bicyclic) bond motifs is 4. The molecule has 8 heteroatoms. The smallest absolute Gasteiger partial charge is 0.254 e. The van der Waals surface area contributed by atoms with Gasteiger partial charge in [-0.25, -0.2) is 4.98 Å². The summed E-state index contributed by atoms with van der Waals surface area (Å²) in [5.41, 5.74) is 4.98. The normalized spacial score (nSPS) is 21.8. The highest BCUT2D eigenvalue weighted by atomic mass is 16.2. The van der Waals surface area contributed by atoms with Crippen LogP contribution in [-0.2, 0) is 6.42 Å². The maximum Gasteiger partial charge on any atom is 0.254 e. The lowest BCUT2D eigenvalue weighted by Gasteiger charge is -2.35. The Kier molecular flexibility index (Phi) is 6.53. The van der Waals surface area contributed by atoms with Crippen molar-refractivity contribution in [1.82, 2.24) is 24.4 Å². The van der Waals surface area contributed by atoms with Gasteiger partial charge in [0.15, 0.2) is 5.65 Å². The second kappa shape index (κ2) is 9.97. The van der Waals surface area contributed by atoms with Crippen LogP contribution in [0.2, 0.25) is 0 Å². The summed E-state index contributed by atoms with van der Waals surface area (Å²) < 4.78 is 2.00. The van der Waals surface area contributed by atoms with E-state index in [-0.39, 0.29) is 11.9 Å². The molecule has 3 aliphatic heterocycles. The number of benzene rings is 1. The Balaban J connectivity index is 1.46. The fourth-order valence-corrected chi connectivity index (χ4v) is 5.94. The Labute approximate surface area is 219 Å². The Morgan fingerprint density at radius 1 is 0.892 bits per heavy atom. The third kappa shape index (κ3) is 4.67. The molecular formula is C29H39N7O. The molecule has 1 aromatic carbocycles. The van der Waals surface area contributed by atoms with Gasteiger partial charge in [0.25, 0.3) is 5.91 Å². The van der Waals surface area contributed by atoms with Crippen LogP contribution in [0.1, 0.15) is 65.3 Å². The second-order valence-electron chi connectivity index (χ2n) is 11.2. The lowest BCUT2D eigenvalue weighted by molar-refractivity contribution is 0.0604. The molecule has 1 unspecified atom stereocenters. The van der Waals surface area contributed by atoms with E-state index >= 15 is 0 Å². The van der Waals surface area contributed by atoms with E-state index in [9.17, 15) is 4.79 Å². The molecule has 0 N–H and O–H groups in total. The molecule has 5 heterocycles. The van der Waals surface area contributed by atoms with E-state index in [0.717, 1.165) is 111 Å². The van der Waals surface area contributed by atoms with Gasteiger partial charge in [-0.1, -0.05) is 17.7 Å². The number of carbonyl (C=O) groups excluding carboxylic acids is 1. The van der Waals surface area contributed by atoms with Crippen molar-refractivity contribution in [2.45, 2.75) is 51.5 Å². The van der Waals surface area contributed by atoms with Crippen LogP contribution in [0, 0.1) is 6.92 Å².